The Morgan fingerprint density at radius 2 is 1.79 bits per heavy atom. The number of H-pyrrole nitrogens is 1. The lowest BCUT2D eigenvalue weighted by atomic mass is 9.82. The van der Waals surface area contributed by atoms with Crippen LogP contribution in [0.15, 0.2) is 56.8 Å². The van der Waals surface area contributed by atoms with E-state index in [0.29, 0.717) is 37.9 Å². The number of hydrogen-bond acceptors (Lipinski definition) is 7. The van der Waals surface area contributed by atoms with E-state index in [2.05, 4.69) is 20.9 Å². The molecule has 42 heavy (non-hydrogen) atoms. The molecule has 2 aromatic carbocycles. The molecule has 1 N–H and O–H groups in total. The van der Waals surface area contributed by atoms with Crippen LogP contribution in [0.3, 0.4) is 0 Å². The summed E-state index contributed by atoms with van der Waals surface area (Å²) in [6.45, 7) is 1.04. The van der Waals surface area contributed by atoms with Crippen molar-refractivity contribution in [3.8, 4) is 5.75 Å². The van der Waals surface area contributed by atoms with Crippen molar-refractivity contribution in [3.63, 3.8) is 0 Å². The molecule has 3 aliphatic rings. The number of thioether (sulfide) groups is 1. The van der Waals surface area contributed by atoms with Crippen LogP contribution in [0, 0.1) is 5.92 Å². The molecule has 0 saturated carbocycles. The van der Waals surface area contributed by atoms with Crippen molar-refractivity contribution in [2.45, 2.75) is 41.6 Å². The van der Waals surface area contributed by atoms with Crippen molar-refractivity contribution < 1.29 is 32.3 Å². The van der Waals surface area contributed by atoms with Gasteiger partial charge in [0, 0.05) is 33.9 Å². The van der Waals surface area contributed by atoms with Gasteiger partial charge in [-0.05, 0) is 49.6 Å². The number of aromatic nitrogens is 1. The number of piperidine rings is 1. The van der Waals surface area contributed by atoms with Gasteiger partial charge in [0.25, 0.3) is 5.91 Å². The largest absolute Gasteiger partial charge is 0.483 e. The van der Waals surface area contributed by atoms with Crippen LogP contribution in [0.4, 0.5) is 18.9 Å². The number of amides is 3. The first-order valence-corrected chi connectivity index (χ1v) is 15.7. The summed E-state index contributed by atoms with van der Waals surface area (Å²) in [6.07, 6.45) is -1.91. The third kappa shape index (κ3) is 5.17. The second kappa shape index (κ2) is 11.2. The number of halogens is 4. The number of fused-ring (bicyclic) bond motifs is 2. The Kier molecular flexibility index (Phi) is 7.73. The monoisotopic (exact) mass is 681 g/mol. The van der Waals surface area contributed by atoms with Gasteiger partial charge in [-0.3, -0.25) is 19.2 Å². The van der Waals surface area contributed by atoms with E-state index >= 15 is 0 Å². The fraction of sp³-hybridized carbons (Fsp3) is 0.357. The first-order chi connectivity index (χ1) is 20.0. The van der Waals surface area contributed by atoms with Crippen molar-refractivity contribution in [2.75, 3.05) is 24.6 Å². The normalized spacial score (nSPS) is 22.2. The number of carbonyl (C=O) groups excluding carboxylic acids is 3. The Hall–Kier alpha value is -3.10. The molecule has 220 valence electrons. The van der Waals surface area contributed by atoms with Gasteiger partial charge in [-0.15, -0.1) is 0 Å². The Bertz CT molecular complexity index is 1640. The summed E-state index contributed by atoms with van der Waals surface area (Å²) in [5.74, 6) is -3.53. The van der Waals surface area contributed by atoms with E-state index in [4.69, 9.17) is 4.74 Å². The third-order valence-electron chi connectivity index (χ3n) is 7.64. The lowest BCUT2D eigenvalue weighted by molar-refractivity contribution is -0.137. The zero-order valence-corrected chi connectivity index (χ0v) is 25.0. The topological polar surface area (TPSA) is 99.8 Å². The minimum absolute atomic E-state index is 0.185. The van der Waals surface area contributed by atoms with Gasteiger partial charge in [0.15, 0.2) is 6.61 Å². The molecule has 14 heteroatoms. The molecule has 4 heterocycles. The second-order valence-electron chi connectivity index (χ2n) is 10.2. The second-order valence-corrected chi connectivity index (χ2v) is 13.3. The zero-order valence-electron chi connectivity index (χ0n) is 21.8. The standard InChI is InChI=1S/C28H23BrF3N3O5S2/c29-14-8-9-18(40-13-19(36)34-10-4-1-5-11-34)15(12-14)20-21-23(41-24-22(20)42-27(39)33-24)26(38)35(25(21)37)17-7-3-2-6-16(17)28(30,31)32/h2-3,6-9,12,20-21,23H,1,4-5,10-11,13H2,(H,33,39)/t20-,21?,23?/m1/s1. The Labute approximate surface area is 254 Å². The highest BCUT2D eigenvalue weighted by molar-refractivity contribution is 9.10. The summed E-state index contributed by atoms with van der Waals surface area (Å²) < 4.78 is 48.4. The van der Waals surface area contributed by atoms with Crippen LogP contribution in [0.1, 0.15) is 41.2 Å². The summed E-state index contributed by atoms with van der Waals surface area (Å²) in [6, 6.07) is 9.49. The van der Waals surface area contributed by atoms with E-state index in [-0.39, 0.29) is 18.3 Å². The smallest absolute Gasteiger partial charge is 0.418 e. The number of para-hydroxylation sites is 1. The van der Waals surface area contributed by atoms with Crippen LogP contribution in [0.5, 0.6) is 5.75 Å². The number of rotatable bonds is 5. The van der Waals surface area contributed by atoms with Gasteiger partial charge in [0.05, 0.1) is 22.2 Å². The highest BCUT2D eigenvalue weighted by Gasteiger charge is 2.57. The van der Waals surface area contributed by atoms with Gasteiger partial charge in [-0.25, -0.2) is 4.90 Å². The summed E-state index contributed by atoms with van der Waals surface area (Å²) in [5.41, 5.74) is -1.20. The van der Waals surface area contributed by atoms with Crippen molar-refractivity contribution in [1.29, 1.82) is 0 Å². The fourth-order valence-corrected chi connectivity index (χ4v) is 8.65. The average molecular weight is 683 g/mol. The SMILES string of the molecule is O=C(COc1ccc(Br)cc1[C@H]1c2sc(=O)[nH]c2SC2C(=O)N(c3ccccc3C(F)(F)F)C(=O)C21)N1CCCCC1. The van der Waals surface area contributed by atoms with E-state index < -0.39 is 51.2 Å². The van der Waals surface area contributed by atoms with Gasteiger partial charge in [-0.2, -0.15) is 13.2 Å². The average Bonchev–Trinajstić information content (AvgIpc) is 3.46. The predicted octanol–water partition coefficient (Wildman–Crippen LogP) is 5.40. The maximum Gasteiger partial charge on any atom is 0.418 e. The molecule has 2 fully saturated rings. The molecular formula is C28H23BrF3N3O5S2. The molecule has 3 amide bonds. The minimum Gasteiger partial charge on any atom is -0.483 e. The molecule has 2 saturated heterocycles. The molecule has 0 radical (unpaired) electrons. The number of thiazole rings is 1. The van der Waals surface area contributed by atoms with Gasteiger partial charge in [0.2, 0.25) is 11.8 Å². The van der Waals surface area contributed by atoms with Crippen LogP contribution < -0.4 is 14.5 Å². The lowest BCUT2D eigenvalue weighted by Crippen LogP contribution is -2.38. The van der Waals surface area contributed by atoms with E-state index in [1.807, 2.05) is 0 Å². The number of ether oxygens (including phenoxy) is 1. The molecule has 1 aromatic heterocycles. The number of benzene rings is 2. The Morgan fingerprint density at radius 1 is 1.05 bits per heavy atom. The van der Waals surface area contributed by atoms with Gasteiger partial charge < -0.3 is 14.6 Å². The quantitative estimate of drug-likeness (QED) is 0.362. The number of nitrogens with one attached hydrogen (secondary N) is 1. The first-order valence-electron chi connectivity index (χ1n) is 13.2. The minimum atomic E-state index is -4.80. The highest BCUT2D eigenvalue weighted by atomic mass is 79.9. The van der Waals surface area contributed by atoms with E-state index in [1.54, 1.807) is 23.1 Å². The summed E-state index contributed by atoms with van der Waals surface area (Å²) in [4.78, 5) is 58.2. The summed E-state index contributed by atoms with van der Waals surface area (Å²) in [7, 11) is 0. The molecule has 0 bridgehead atoms. The number of hydrogen-bond donors (Lipinski definition) is 1. The maximum absolute atomic E-state index is 14.0. The maximum atomic E-state index is 14.0. The summed E-state index contributed by atoms with van der Waals surface area (Å²) >= 11 is 5.28. The molecule has 0 spiro atoms. The first kappa shape index (κ1) is 29.0. The number of aromatic amines is 1. The number of imide groups is 1. The van der Waals surface area contributed by atoms with E-state index in [9.17, 15) is 32.3 Å². The number of alkyl halides is 3. The summed E-state index contributed by atoms with van der Waals surface area (Å²) in [5, 5.41) is -0.720. The molecule has 6 rings (SSSR count). The fourth-order valence-electron chi connectivity index (χ4n) is 5.77. The number of anilines is 1. The lowest BCUT2D eigenvalue weighted by Gasteiger charge is -2.31. The van der Waals surface area contributed by atoms with E-state index in [0.717, 1.165) is 54.5 Å². The van der Waals surface area contributed by atoms with Crippen molar-refractivity contribution in [3.05, 3.63) is 72.6 Å². The molecule has 2 unspecified atom stereocenters. The third-order valence-corrected chi connectivity index (χ3v) is 10.5. The zero-order chi connectivity index (χ0) is 29.8. The van der Waals surface area contributed by atoms with Gasteiger partial charge >= 0.3 is 11.0 Å². The highest BCUT2D eigenvalue weighted by Crippen LogP contribution is 2.55. The Balaban J connectivity index is 1.41. The van der Waals surface area contributed by atoms with Crippen LogP contribution in [-0.2, 0) is 20.6 Å². The van der Waals surface area contributed by atoms with Crippen molar-refractivity contribution in [2.24, 2.45) is 5.92 Å². The van der Waals surface area contributed by atoms with Crippen LogP contribution >= 0.6 is 39.0 Å². The van der Waals surface area contributed by atoms with Crippen LogP contribution in [-0.4, -0.2) is 52.6 Å². The van der Waals surface area contributed by atoms with Gasteiger partial charge in [-0.1, -0.05) is 51.2 Å². The van der Waals surface area contributed by atoms with Crippen molar-refractivity contribution in [1.82, 2.24) is 9.88 Å². The number of nitrogens with zero attached hydrogens (tertiary/aromatic N) is 2. The molecule has 3 aromatic rings. The Morgan fingerprint density at radius 3 is 2.52 bits per heavy atom. The van der Waals surface area contributed by atoms with Gasteiger partial charge in [0.1, 0.15) is 11.0 Å². The number of carbonyl (C=O) groups is 3. The molecule has 3 aliphatic heterocycles. The van der Waals surface area contributed by atoms with Crippen LogP contribution in [0.25, 0.3) is 0 Å². The van der Waals surface area contributed by atoms with E-state index in [1.165, 1.54) is 12.1 Å². The number of likely N-dealkylation sites (tertiary alicyclic amines) is 1. The predicted molar refractivity (Wildman–Crippen MR) is 154 cm³/mol. The van der Waals surface area contributed by atoms with Crippen molar-refractivity contribution >= 4 is 62.4 Å². The van der Waals surface area contributed by atoms with Crippen LogP contribution in [0.2, 0.25) is 0 Å². The molecule has 3 atom stereocenters. The molecule has 0 aliphatic carbocycles. The molecule has 8 nitrogen and oxygen atoms in total. The molecular weight excluding hydrogens is 659 g/mol.